The minimum Gasteiger partial charge on any atom is -0.324 e. The molecule has 164 valence electrons. The van der Waals surface area contributed by atoms with Gasteiger partial charge in [-0.3, -0.25) is 4.57 Å². The Morgan fingerprint density at radius 2 is 1.50 bits per heavy atom. The summed E-state index contributed by atoms with van der Waals surface area (Å²) in [5.41, 5.74) is 8.67. The Morgan fingerprint density at radius 1 is 0.800 bits per heavy atom. The second-order valence-corrected chi connectivity index (χ2v) is 10.6. The van der Waals surface area contributed by atoms with E-state index in [2.05, 4.69) is 43.3 Å². The fraction of sp³-hybridized carbons (Fsp3) is 0.538. The van der Waals surface area contributed by atoms with E-state index in [1.807, 2.05) is 0 Å². The number of fused-ring (bicyclic) bond motifs is 1. The zero-order valence-corrected chi connectivity index (χ0v) is 19.3. The van der Waals surface area contributed by atoms with Crippen LogP contribution in [0.25, 0.3) is 11.1 Å². The Balaban J connectivity index is 1.62. The van der Waals surface area contributed by atoms with Gasteiger partial charge < -0.3 is 9.79 Å². The third-order valence-electron chi connectivity index (χ3n) is 6.36. The maximum absolute atomic E-state index is 11.0. The molecule has 30 heavy (non-hydrogen) atoms. The molecule has 0 fully saturated rings. The molecule has 1 aliphatic carbocycles. The number of benzene rings is 2. The second kappa shape index (κ2) is 11.3. The topological polar surface area (TPSA) is 57.5 Å². The summed E-state index contributed by atoms with van der Waals surface area (Å²) in [4.78, 5) is 18.0. The van der Waals surface area contributed by atoms with Crippen LogP contribution in [0.4, 0.5) is 0 Å². The highest BCUT2D eigenvalue weighted by molar-refractivity contribution is 7.51. The van der Waals surface area contributed by atoms with Crippen molar-refractivity contribution >= 4 is 7.60 Å². The van der Waals surface area contributed by atoms with E-state index >= 15 is 0 Å². The van der Waals surface area contributed by atoms with Gasteiger partial charge in [-0.1, -0.05) is 69.0 Å². The van der Waals surface area contributed by atoms with Crippen LogP contribution in [-0.4, -0.2) is 15.9 Å². The zero-order chi connectivity index (χ0) is 21.4. The Labute approximate surface area is 182 Å². The van der Waals surface area contributed by atoms with Gasteiger partial charge in [-0.05, 0) is 84.7 Å². The molecule has 0 unspecified atom stereocenters. The van der Waals surface area contributed by atoms with Crippen LogP contribution in [0, 0.1) is 0 Å². The molecule has 0 radical (unpaired) electrons. The van der Waals surface area contributed by atoms with Crippen LogP contribution in [0.1, 0.15) is 80.5 Å². The summed E-state index contributed by atoms with van der Waals surface area (Å²) in [6.45, 7) is 2.25. The van der Waals surface area contributed by atoms with Gasteiger partial charge >= 0.3 is 7.60 Å². The third kappa shape index (κ3) is 6.80. The van der Waals surface area contributed by atoms with E-state index in [0.29, 0.717) is 6.42 Å². The number of unbranched alkanes of at least 4 members (excludes halogenated alkanes) is 5. The molecule has 0 saturated heterocycles. The lowest BCUT2D eigenvalue weighted by Crippen LogP contribution is -1.97. The summed E-state index contributed by atoms with van der Waals surface area (Å²) in [5.74, 6) is 0. The molecule has 0 amide bonds. The van der Waals surface area contributed by atoms with Crippen LogP contribution in [0.3, 0.4) is 0 Å². The molecule has 0 heterocycles. The highest BCUT2D eigenvalue weighted by atomic mass is 31.2. The molecule has 0 bridgehead atoms. The maximum Gasteiger partial charge on any atom is 0.325 e. The molecule has 2 aromatic carbocycles. The van der Waals surface area contributed by atoms with Gasteiger partial charge in [0.05, 0.1) is 0 Å². The first kappa shape index (κ1) is 23.3. The van der Waals surface area contributed by atoms with Crippen LogP contribution >= 0.6 is 7.60 Å². The van der Waals surface area contributed by atoms with E-state index < -0.39 is 7.60 Å². The van der Waals surface area contributed by atoms with Crippen molar-refractivity contribution in [2.45, 2.75) is 84.0 Å². The molecular weight excluding hydrogens is 391 g/mol. The minimum absolute atomic E-state index is 0.0125. The van der Waals surface area contributed by atoms with Gasteiger partial charge in [0.25, 0.3) is 0 Å². The Morgan fingerprint density at radius 3 is 2.23 bits per heavy atom. The first-order valence-corrected chi connectivity index (χ1v) is 13.5. The van der Waals surface area contributed by atoms with E-state index in [4.69, 9.17) is 9.79 Å². The predicted octanol–water partition coefficient (Wildman–Crippen LogP) is 6.86. The summed E-state index contributed by atoms with van der Waals surface area (Å²) in [6, 6.07) is 13.8. The molecule has 2 N–H and O–H groups in total. The van der Waals surface area contributed by atoms with Gasteiger partial charge in [0, 0.05) is 6.16 Å². The van der Waals surface area contributed by atoms with E-state index in [1.54, 1.807) is 0 Å². The van der Waals surface area contributed by atoms with E-state index in [-0.39, 0.29) is 6.16 Å². The monoisotopic (exact) mass is 428 g/mol. The zero-order valence-electron chi connectivity index (χ0n) is 18.4. The Kier molecular flexibility index (Phi) is 8.74. The van der Waals surface area contributed by atoms with Crippen molar-refractivity contribution in [1.29, 1.82) is 0 Å². The molecule has 0 saturated carbocycles. The average Bonchev–Trinajstić information content (AvgIpc) is 3.21. The van der Waals surface area contributed by atoms with Crippen molar-refractivity contribution in [3.8, 4) is 11.1 Å². The number of hydrogen-bond acceptors (Lipinski definition) is 1. The fourth-order valence-corrected chi connectivity index (χ4v) is 5.34. The van der Waals surface area contributed by atoms with Crippen molar-refractivity contribution in [2.75, 3.05) is 6.16 Å². The molecule has 0 aliphatic heterocycles. The van der Waals surface area contributed by atoms with Gasteiger partial charge in [-0.25, -0.2) is 0 Å². The molecule has 2 aromatic rings. The van der Waals surface area contributed by atoms with Crippen LogP contribution < -0.4 is 0 Å². The Bertz CT molecular complexity index is 851. The van der Waals surface area contributed by atoms with Crippen molar-refractivity contribution < 1.29 is 14.4 Å². The van der Waals surface area contributed by atoms with Crippen molar-refractivity contribution in [3.05, 3.63) is 58.7 Å². The number of aryl methyl sites for hydroxylation is 2. The molecular formula is C26H37O3P. The first-order valence-electron chi connectivity index (χ1n) is 11.8. The van der Waals surface area contributed by atoms with E-state index in [0.717, 1.165) is 32.1 Å². The van der Waals surface area contributed by atoms with Crippen LogP contribution in [0.15, 0.2) is 36.4 Å². The molecule has 0 aromatic heterocycles. The van der Waals surface area contributed by atoms with Gasteiger partial charge in [-0.15, -0.1) is 0 Å². The first-order chi connectivity index (χ1) is 14.5. The second-order valence-electron chi connectivity index (χ2n) is 8.79. The van der Waals surface area contributed by atoms with Crippen molar-refractivity contribution in [2.24, 2.45) is 0 Å². The third-order valence-corrected chi connectivity index (χ3v) is 7.26. The summed E-state index contributed by atoms with van der Waals surface area (Å²) in [5, 5.41) is 0. The lowest BCUT2D eigenvalue weighted by molar-refractivity contribution is 0.371. The van der Waals surface area contributed by atoms with Crippen molar-refractivity contribution in [3.63, 3.8) is 0 Å². The Hall–Kier alpha value is -1.41. The van der Waals surface area contributed by atoms with Crippen molar-refractivity contribution in [1.82, 2.24) is 0 Å². The summed E-state index contributed by atoms with van der Waals surface area (Å²) in [6.07, 6.45) is 13.5. The molecule has 3 nitrogen and oxygen atoms in total. The summed E-state index contributed by atoms with van der Waals surface area (Å²) in [7, 11) is -3.85. The molecule has 4 heteroatoms. The molecule has 0 atom stereocenters. The predicted molar refractivity (Wildman–Crippen MR) is 126 cm³/mol. The van der Waals surface area contributed by atoms with Gasteiger partial charge in [0.2, 0.25) is 0 Å². The smallest absolute Gasteiger partial charge is 0.324 e. The van der Waals surface area contributed by atoms with Gasteiger partial charge in [-0.2, -0.15) is 0 Å². The SMILES string of the molecule is CCCCCCc1ccc(-c2ccc(CCCCCP(=O)(O)O)c3c2CCC3)cc1. The molecule has 0 spiro atoms. The van der Waals surface area contributed by atoms with Crippen LogP contribution in [0.5, 0.6) is 0 Å². The fourth-order valence-electron chi connectivity index (χ4n) is 4.70. The maximum atomic E-state index is 11.0. The highest BCUT2D eigenvalue weighted by Gasteiger charge is 2.19. The largest absolute Gasteiger partial charge is 0.325 e. The van der Waals surface area contributed by atoms with E-state index in [1.165, 1.54) is 71.9 Å². The normalized spacial score (nSPS) is 13.6. The summed E-state index contributed by atoms with van der Waals surface area (Å²) >= 11 is 0. The minimum atomic E-state index is -3.85. The van der Waals surface area contributed by atoms with E-state index in [9.17, 15) is 4.57 Å². The lowest BCUT2D eigenvalue weighted by atomic mass is 9.91. The average molecular weight is 429 g/mol. The number of rotatable bonds is 12. The number of hydrogen-bond donors (Lipinski definition) is 2. The highest BCUT2D eigenvalue weighted by Crippen LogP contribution is 2.37. The van der Waals surface area contributed by atoms with Gasteiger partial charge in [0.1, 0.15) is 0 Å². The standard InChI is InChI=1S/C26H37O3P/c1-2-3-4-6-10-21-14-16-23(17-15-21)25-19-18-22(24-12-9-13-26(24)25)11-7-5-8-20-30(27,28)29/h14-19H,2-13,20H2,1H3,(H2,27,28,29). The summed E-state index contributed by atoms with van der Waals surface area (Å²) < 4.78 is 11.0. The molecule has 3 rings (SSSR count). The quantitative estimate of drug-likeness (QED) is 0.287. The van der Waals surface area contributed by atoms with Gasteiger partial charge in [0.15, 0.2) is 0 Å². The lowest BCUT2D eigenvalue weighted by Gasteiger charge is -2.14. The van der Waals surface area contributed by atoms with Crippen LogP contribution in [0.2, 0.25) is 0 Å². The van der Waals surface area contributed by atoms with Crippen LogP contribution in [-0.2, 0) is 30.2 Å². The molecule has 1 aliphatic rings.